The van der Waals surface area contributed by atoms with E-state index in [9.17, 15) is 14.4 Å². The minimum Gasteiger partial charge on any atom is -0.493 e. The van der Waals surface area contributed by atoms with Gasteiger partial charge in [-0.15, -0.1) is 0 Å². The van der Waals surface area contributed by atoms with Crippen LogP contribution < -0.4 is 14.8 Å². The number of aldehydes is 1. The standard InChI is InChI=1S/C20H22N2O5/c1-14-4-7-16(8-5-14)21-19(24)11-22(2)20(25)13-27-18-10-15(12-23)6-9-17(18)26-3/h4-10,12H,11,13H2,1-3H3,(H,21,24). The topological polar surface area (TPSA) is 84.9 Å². The van der Waals surface area contributed by atoms with Gasteiger partial charge in [-0.2, -0.15) is 0 Å². The molecule has 0 fully saturated rings. The monoisotopic (exact) mass is 370 g/mol. The summed E-state index contributed by atoms with van der Waals surface area (Å²) in [5, 5.41) is 2.73. The number of nitrogens with one attached hydrogen (secondary N) is 1. The average molecular weight is 370 g/mol. The minimum atomic E-state index is -0.382. The number of hydrogen-bond acceptors (Lipinski definition) is 5. The van der Waals surface area contributed by atoms with Gasteiger partial charge in [0.05, 0.1) is 13.7 Å². The molecule has 142 valence electrons. The first-order chi connectivity index (χ1) is 12.9. The maximum Gasteiger partial charge on any atom is 0.260 e. The van der Waals surface area contributed by atoms with Crippen LogP contribution in [-0.4, -0.2) is 50.3 Å². The van der Waals surface area contributed by atoms with Crippen molar-refractivity contribution in [1.29, 1.82) is 0 Å². The van der Waals surface area contributed by atoms with Crippen LogP contribution in [0.4, 0.5) is 5.69 Å². The lowest BCUT2D eigenvalue weighted by molar-refractivity contribution is -0.135. The summed E-state index contributed by atoms with van der Waals surface area (Å²) < 4.78 is 10.6. The second-order valence-electron chi connectivity index (χ2n) is 5.98. The van der Waals surface area contributed by atoms with Crippen molar-refractivity contribution in [2.24, 2.45) is 0 Å². The van der Waals surface area contributed by atoms with Crippen molar-refractivity contribution in [3.05, 3.63) is 53.6 Å². The zero-order valence-corrected chi connectivity index (χ0v) is 15.5. The molecule has 0 aromatic heterocycles. The summed E-state index contributed by atoms with van der Waals surface area (Å²) in [5.74, 6) is 0.00368. The quantitative estimate of drug-likeness (QED) is 0.721. The van der Waals surface area contributed by atoms with Crippen LogP contribution in [-0.2, 0) is 9.59 Å². The molecule has 27 heavy (non-hydrogen) atoms. The summed E-state index contributed by atoms with van der Waals surface area (Å²) in [7, 11) is 2.98. The van der Waals surface area contributed by atoms with E-state index < -0.39 is 0 Å². The Morgan fingerprint density at radius 2 is 1.81 bits per heavy atom. The van der Waals surface area contributed by atoms with Gasteiger partial charge in [0, 0.05) is 18.3 Å². The molecule has 0 radical (unpaired) electrons. The van der Waals surface area contributed by atoms with E-state index in [1.54, 1.807) is 24.3 Å². The van der Waals surface area contributed by atoms with Crippen LogP contribution in [0.15, 0.2) is 42.5 Å². The zero-order chi connectivity index (χ0) is 19.8. The number of benzene rings is 2. The fraction of sp³-hybridized carbons (Fsp3) is 0.250. The summed E-state index contributed by atoms with van der Waals surface area (Å²) in [6, 6.07) is 12.0. The van der Waals surface area contributed by atoms with Gasteiger partial charge in [0.15, 0.2) is 18.1 Å². The number of carbonyl (C=O) groups is 3. The van der Waals surface area contributed by atoms with Gasteiger partial charge >= 0.3 is 0 Å². The number of ether oxygens (including phenoxy) is 2. The molecule has 0 aliphatic heterocycles. The third-order valence-corrected chi connectivity index (χ3v) is 3.82. The molecule has 0 aliphatic carbocycles. The van der Waals surface area contributed by atoms with Crippen molar-refractivity contribution >= 4 is 23.8 Å². The van der Waals surface area contributed by atoms with Gasteiger partial charge in [0.2, 0.25) is 5.91 Å². The van der Waals surface area contributed by atoms with Gasteiger partial charge in [-0.3, -0.25) is 14.4 Å². The van der Waals surface area contributed by atoms with E-state index in [1.807, 2.05) is 19.1 Å². The number of nitrogens with zero attached hydrogens (tertiary/aromatic N) is 1. The largest absolute Gasteiger partial charge is 0.493 e. The summed E-state index contributed by atoms with van der Waals surface area (Å²) in [5.41, 5.74) is 2.16. The van der Waals surface area contributed by atoms with Gasteiger partial charge in [-0.25, -0.2) is 0 Å². The summed E-state index contributed by atoms with van der Waals surface area (Å²) >= 11 is 0. The fourth-order valence-electron chi connectivity index (χ4n) is 2.27. The van der Waals surface area contributed by atoms with E-state index in [-0.39, 0.29) is 30.7 Å². The van der Waals surface area contributed by atoms with Crippen LogP contribution in [0.2, 0.25) is 0 Å². The number of likely N-dealkylation sites (N-methyl/N-ethyl adjacent to an activating group) is 1. The molecule has 2 rings (SSSR count). The number of carbonyl (C=O) groups excluding carboxylic acids is 3. The van der Waals surface area contributed by atoms with Crippen LogP contribution in [0, 0.1) is 6.92 Å². The molecule has 0 unspecified atom stereocenters. The molecule has 0 bridgehead atoms. The Balaban J connectivity index is 1.89. The molecule has 7 nitrogen and oxygen atoms in total. The Labute approximate surface area is 157 Å². The second kappa shape index (κ2) is 9.38. The molecule has 2 aromatic carbocycles. The lowest BCUT2D eigenvalue weighted by Crippen LogP contribution is -2.37. The number of amides is 2. The van der Waals surface area contributed by atoms with Gasteiger partial charge in [0.25, 0.3) is 5.91 Å². The first-order valence-electron chi connectivity index (χ1n) is 8.29. The molecule has 0 spiro atoms. The Morgan fingerprint density at radius 1 is 1.11 bits per heavy atom. The third kappa shape index (κ3) is 5.85. The highest BCUT2D eigenvalue weighted by atomic mass is 16.5. The highest BCUT2D eigenvalue weighted by Gasteiger charge is 2.15. The van der Waals surface area contributed by atoms with Crippen LogP contribution in [0.3, 0.4) is 0 Å². The molecule has 0 heterocycles. The highest BCUT2D eigenvalue weighted by molar-refractivity contribution is 5.94. The average Bonchev–Trinajstić information content (AvgIpc) is 2.67. The summed E-state index contributed by atoms with van der Waals surface area (Å²) in [6.07, 6.45) is 0.676. The highest BCUT2D eigenvalue weighted by Crippen LogP contribution is 2.27. The molecule has 2 amide bonds. The van der Waals surface area contributed by atoms with Crippen LogP contribution >= 0.6 is 0 Å². The van der Waals surface area contributed by atoms with E-state index in [0.29, 0.717) is 23.3 Å². The third-order valence-electron chi connectivity index (χ3n) is 3.82. The van der Waals surface area contributed by atoms with Crippen molar-refractivity contribution in [1.82, 2.24) is 4.90 Å². The molecular formula is C20H22N2O5. The summed E-state index contributed by atoms with van der Waals surface area (Å²) in [6.45, 7) is 1.56. The zero-order valence-electron chi connectivity index (χ0n) is 15.5. The number of aryl methyl sites for hydroxylation is 1. The predicted molar refractivity (Wildman–Crippen MR) is 101 cm³/mol. The molecular weight excluding hydrogens is 348 g/mol. The molecule has 0 aliphatic rings. The van der Waals surface area contributed by atoms with E-state index in [0.717, 1.165) is 5.56 Å². The lowest BCUT2D eigenvalue weighted by atomic mass is 10.2. The maximum atomic E-state index is 12.2. The molecule has 2 aromatic rings. The van der Waals surface area contributed by atoms with E-state index in [1.165, 1.54) is 25.1 Å². The maximum absolute atomic E-state index is 12.2. The number of rotatable bonds is 8. The lowest BCUT2D eigenvalue weighted by Gasteiger charge is -2.18. The first kappa shape index (κ1) is 20.0. The first-order valence-corrected chi connectivity index (χ1v) is 8.29. The molecule has 0 atom stereocenters. The van der Waals surface area contributed by atoms with Crippen molar-refractivity contribution in [2.45, 2.75) is 6.92 Å². The Hall–Kier alpha value is -3.35. The Bertz CT molecular complexity index is 818. The van der Waals surface area contributed by atoms with Crippen LogP contribution in [0.5, 0.6) is 11.5 Å². The van der Waals surface area contributed by atoms with Gasteiger partial charge in [-0.1, -0.05) is 17.7 Å². The number of hydrogen-bond donors (Lipinski definition) is 1. The normalized spacial score (nSPS) is 10.0. The minimum absolute atomic E-state index is 0.110. The second-order valence-corrected chi connectivity index (χ2v) is 5.98. The van der Waals surface area contributed by atoms with E-state index in [4.69, 9.17) is 9.47 Å². The predicted octanol–water partition coefficient (Wildman–Crippen LogP) is 2.29. The van der Waals surface area contributed by atoms with Crippen molar-refractivity contribution < 1.29 is 23.9 Å². The van der Waals surface area contributed by atoms with Crippen LogP contribution in [0.25, 0.3) is 0 Å². The van der Waals surface area contributed by atoms with Crippen molar-refractivity contribution in [2.75, 3.05) is 32.6 Å². The van der Waals surface area contributed by atoms with Gasteiger partial charge in [-0.05, 0) is 37.3 Å². The van der Waals surface area contributed by atoms with Crippen molar-refractivity contribution in [3.8, 4) is 11.5 Å². The van der Waals surface area contributed by atoms with Crippen LogP contribution in [0.1, 0.15) is 15.9 Å². The molecule has 7 heteroatoms. The van der Waals surface area contributed by atoms with Crippen molar-refractivity contribution in [3.63, 3.8) is 0 Å². The summed E-state index contributed by atoms with van der Waals surface area (Å²) in [4.78, 5) is 36.4. The van der Waals surface area contributed by atoms with E-state index in [2.05, 4.69) is 5.32 Å². The smallest absolute Gasteiger partial charge is 0.260 e. The van der Waals surface area contributed by atoms with Gasteiger partial charge in [0.1, 0.15) is 6.29 Å². The molecule has 1 N–H and O–H groups in total. The SMILES string of the molecule is COc1ccc(C=O)cc1OCC(=O)N(C)CC(=O)Nc1ccc(C)cc1. The fourth-order valence-corrected chi connectivity index (χ4v) is 2.27. The molecule has 0 saturated heterocycles. The Kier molecular flexibility index (Phi) is 6.93. The van der Waals surface area contributed by atoms with Gasteiger partial charge < -0.3 is 19.7 Å². The van der Waals surface area contributed by atoms with E-state index >= 15 is 0 Å². The molecule has 0 saturated carbocycles. The Morgan fingerprint density at radius 3 is 2.44 bits per heavy atom. The number of methoxy groups -OCH3 is 1. The number of anilines is 1.